The third kappa shape index (κ3) is 3.61. The molecule has 4 saturated carbocycles. The van der Waals surface area contributed by atoms with Gasteiger partial charge in [-0.05, 0) is 92.9 Å². The molecule has 1 aromatic rings. The van der Waals surface area contributed by atoms with Crippen molar-refractivity contribution >= 4 is 11.6 Å². The Hall–Kier alpha value is -1.39. The summed E-state index contributed by atoms with van der Waals surface area (Å²) in [5.74, 6) is 4.15. The molecular formula is C24H35N3O. The zero-order chi connectivity index (χ0) is 19.3. The molecule has 0 aromatic heterocycles. The number of anilines is 1. The number of aryl methyl sites for hydroxylation is 2. The third-order valence-electron chi connectivity index (χ3n) is 8.16. The zero-order valence-corrected chi connectivity index (χ0v) is 17.5. The zero-order valence-electron chi connectivity index (χ0n) is 17.5. The first-order valence-corrected chi connectivity index (χ1v) is 11.4. The summed E-state index contributed by atoms with van der Waals surface area (Å²) in [5.41, 5.74) is 3.40. The molecule has 6 rings (SSSR count). The molecule has 1 amide bonds. The van der Waals surface area contributed by atoms with Crippen LogP contribution in [0.1, 0.15) is 43.2 Å². The molecule has 4 aliphatic carbocycles. The van der Waals surface area contributed by atoms with Crippen LogP contribution in [0.2, 0.25) is 0 Å². The van der Waals surface area contributed by atoms with Gasteiger partial charge in [0, 0.05) is 37.9 Å². The van der Waals surface area contributed by atoms with Gasteiger partial charge in [-0.2, -0.15) is 0 Å². The van der Waals surface area contributed by atoms with Crippen molar-refractivity contribution in [1.29, 1.82) is 0 Å². The first-order valence-electron chi connectivity index (χ1n) is 11.4. The molecular weight excluding hydrogens is 346 g/mol. The first kappa shape index (κ1) is 18.6. The van der Waals surface area contributed by atoms with Gasteiger partial charge in [-0.3, -0.25) is 14.6 Å². The van der Waals surface area contributed by atoms with Crippen LogP contribution in [0.15, 0.2) is 18.2 Å². The number of benzene rings is 1. The lowest BCUT2D eigenvalue weighted by Crippen LogP contribution is -2.60. The molecule has 5 aliphatic rings. The molecule has 1 aliphatic heterocycles. The minimum absolute atomic E-state index is 0.117. The summed E-state index contributed by atoms with van der Waals surface area (Å²) in [5, 5.41) is 3.08. The van der Waals surface area contributed by atoms with E-state index in [4.69, 9.17) is 0 Å². The van der Waals surface area contributed by atoms with Crippen molar-refractivity contribution in [2.24, 2.45) is 23.7 Å². The molecule has 0 radical (unpaired) electrons. The van der Waals surface area contributed by atoms with Crippen LogP contribution in [-0.4, -0.2) is 54.5 Å². The minimum Gasteiger partial charge on any atom is -0.325 e. The Bertz CT molecular complexity index is 709. The number of nitrogens with zero attached hydrogens (tertiary/aromatic N) is 2. The van der Waals surface area contributed by atoms with E-state index in [9.17, 15) is 4.79 Å². The fraction of sp³-hybridized carbons (Fsp3) is 0.708. The van der Waals surface area contributed by atoms with Gasteiger partial charge in [0.25, 0.3) is 0 Å². The number of hydrogen-bond donors (Lipinski definition) is 1. The van der Waals surface area contributed by atoms with Crippen LogP contribution in [0.5, 0.6) is 0 Å². The molecule has 1 N–H and O–H groups in total. The summed E-state index contributed by atoms with van der Waals surface area (Å²) in [6.07, 6.45) is 7.52. The van der Waals surface area contributed by atoms with Crippen LogP contribution >= 0.6 is 0 Å². The average molecular weight is 382 g/mol. The molecule has 1 saturated heterocycles. The second-order valence-electron chi connectivity index (χ2n) is 10.1. The first-order chi connectivity index (χ1) is 13.5. The third-order valence-corrected chi connectivity index (χ3v) is 8.16. The van der Waals surface area contributed by atoms with E-state index in [1.807, 2.05) is 6.07 Å². The molecule has 4 heteroatoms. The molecule has 5 fully saturated rings. The van der Waals surface area contributed by atoms with E-state index < -0.39 is 0 Å². The maximum atomic E-state index is 12.5. The summed E-state index contributed by atoms with van der Waals surface area (Å²) in [6.45, 7) is 9.06. The summed E-state index contributed by atoms with van der Waals surface area (Å²) in [6, 6.07) is 7.00. The Balaban J connectivity index is 1.12. The van der Waals surface area contributed by atoms with Gasteiger partial charge < -0.3 is 5.32 Å². The van der Waals surface area contributed by atoms with E-state index >= 15 is 0 Å². The average Bonchev–Trinajstić information content (AvgIpc) is 2.65. The Morgan fingerprint density at radius 1 is 0.929 bits per heavy atom. The minimum atomic E-state index is 0.117. The van der Waals surface area contributed by atoms with E-state index in [-0.39, 0.29) is 5.91 Å². The van der Waals surface area contributed by atoms with Crippen molar-refractivity contribution in [1.82, 2.24) is 9.80 Å². The topological polar surface area (TPSA) is 35.6 Å². The van der Waals surface area contributed by atoms with Crippen LogP contribution in [0.3, 0.4) is 0 Å². The summed E-state index contributed by atoms with van der Waals surface area (Å²) >= 11 is 0. The highest BCUT2D eigenvalue weighted by Crippen LogP contribution is 2.55. The Labute approximate surface area is 169 Å². The number of amides is 1. The fourth-order valence-corrected chi connectivity index (χ4v) is 6.94. The quantitative estimate of drug-likeness (QED) is 0.864. The van der Waals surface area contributed by atoms with Crippen LogP contribution in [0, 0.1) is 37.5 Å². The monoisotopic (exact) mass is 381 g/mol. The predicted octanol–water partition coefficient (Wildman–Crippen LogP) is 3.68. The lowest BCUT2D eigenvalue weighted by atomic mass is 9.54. The molecule has 0 atom stereocenters. The molecule has 4 bridgehead atoms. The molecule has 4 nitrogen and oxygen atoms in total. The van der Waals surface area contributed by atoms with Gasteiger partial charge in [0.05, 0.1) is 6.54 Å². The van der Waals surface area contributed by atoms with Crippen LogP contribution in [-0.2, 0) is 4.79 Å². The standard InChI is InChI=1S/C24H35N3O/c1-16-3-4-22(9-17(16)2)25-23(28)15-26-5-7-27(8-6-26)24-20-11-18-10-19(13-20)14-21(24)12-18/h3-4,9,18-21,24H,5-8,10-15H2,1-2H3,(H,25,28). The van der Waals surface area contributed by atoms with E-state index in [1.54, 1.807) is 0 Å². The normalized spacial score (nSPS) is 35.3. The van der Waals surface area contributed by atoms with Crippen molar-refractivity contribution in [3.8, 4) is 0 Å². The van der Waals surface area contributed by atoms with E-state index in [0.29, 0.717) is 6.54 Å². The van der Waals surface area contributed by atoms with Crippen molar-refractivity contribution in [3.63, 3.8) is 0 Å². The number of piperazine rings is 1. The van der Waals surface area contributed by atoms with Crippen LogP contribution < -0.4 is 5.32 Å². The summed E-state index contributed by atoms with van der Waals surface area (Å²) in [4.78, 5) is 17.6. The van der Waals surface area contributed by atoms with Crippen molar-refractivity contribution in [2.45, 2.75) is 52.0 Å². The molecule has 1 aromatic carbocycles. The van der Waals surface area contributed by atoms with Gasteiger partial charge in [0.15, 0.2) is 0 Å². The SMILES string of the molecule is Cc1ccc(NC(=O)CN2CCN(C3C4CC5CC(C4)CC3C5)CC2)cc1C. The van der Waals surface area contributed by atoms with Gasteiger partial charge in [-0.1, -0.05) is 6.07 Å². The van der Waals surface area contributed by atoms with Crippen LogP contribution in [0.25, 0.3) is 0 Å². The number of hydrogen-bond acceptors (Lipinski definition) is 3. The van der Waals surface area contributed by atoms with Crippen molar-refractivity contribution in [2.75, 3.05) is 38.0 Å². The second-order valence-corrected chi connectivity index (χ2v) is 10.1. The van der Waals surface area contributed by atoms with Gasteiger partial charge in [0.2, 0.25) is 5.91 Å². The summed E-state index contributed by atoms with van der Waals surface area (Å²) < 4.78 is 0. The lowest BCUT2D eigenvalue weighted by Gasteiger charge is -2.58. The lowest BCUT2D eigenvalue weighted by molar-refractivity contribution is -0.118. The summed E-state index contributed by atoms with van der Waals surface area (Å²) in [7, 11) is 0. The largest absolute Gasteiger partial charge is 0.325 e. The Morgan fingerprint density at radius 2 is 1.57 bits per heavy atom. The number of carbonyl (C=O) groups excluding carboxylic acids is 1. The number of carbonyl (C=O) groups is 1. The predicted molar refractivity (Wildman–Crippen MR) is 113 cm³/mol. The van der Waals surface area contributed by atoms with Gasteiger partial charge in [-0.25, -0.2) is 0 Å². The Morgan fingerprint density at radius 3 is 2.18 bits per heavy atom. The highest BCUT2D eigenvalue weighted by Gasteiger charge is 2.50. The Kier molecular flexibility index (Phi) is 4.96. The van der Waals surface area contributed by atoms with Gasteiger partial charge in [0.1, 0.15) is 0 Å². The maximum Gasteiger partial charge on any atom is 0.238 e. The second kappa shape index (κ2) is 7.46. The van der Waals surface area contributed by atoms with E-state index in [2.05, 4.69) is 41.1 Å². The van der Waals surface area contributed by atoms with E-state index in [0.717, 1.165) is 61.6 Å². The highest BCUT2D eigenvalue weighted by atomic mass is 16.2. The number of rotatable bonds is 4. The van der Waals surface area contributed by atoms with Crippen molar-refractivity contribution < 1.29 is 4.79 Å². The number of nitrogens with one attached hydrogen (secondary N) is 1. The van der Waals surface area contributed by atoms with Crippen molar-refractivity contribution in [3.05, 3.63) is 29.3 Å². The molecule has 28 heavy (non-hydrogen) atoms. The molecule has 0 unspecified atom stereocenters. The smallest absolute Gasteiger partial charge is 0.238 e. The maximum absolute atomic E-state index is 12.5. The fourth-order valence-electron chi connectivity index (χ4n) is 6.94. The molecule has 152 valence electrons. The highest BCUT2D eigenvalue weighted by molar-refractivity contribution is 5.92. The molecule has 1 heterocycles. The van der Waals surface area contributed by atoms with E-state index in [1.165, 1.54) is 43.2 Å². The van der Waals surface area contributed by atoms with Gasteiger partial charge >= 0.3 is 0 Å². The molecule has 0 spiro atoms. The van der Waals surface area contributed by atoms with Crippen LogP contribution in [0.4, 0.5) is 5.69 Å². The van der Waals surface area contributed by atoms with Gasteiger partial charge in [-0.15, -0.1) is 0 Å².